The minimum atomic E-state index is -1.41. The van der Waals surface area contributed by atoms with Gasteiger partial charge in [0.1, 0.15) is 12.1 Å². The highest BCUT2D eigenvalue weighted by Crippen LogP contribution is 2.02. The van der Waals surface area contributed by atoms with Crippen LogP contribution in [-0.2, 0) is 14.4 Å². The van der Waals surface area contributed by atoms with E-state index in [0.717, 1.165) is 0 Å². The Labute approximate surface area is 126 Å². The first kappa shape index (κ1) is 19.6. The predicted molar refractivity (Wildman–Crippen MR) is 74.3 cm³/mol. The number of rotatable bonds is 11. The van der Waals surface area contributed by atoms with E-state index in [9.17, 15) is 19.2 Å². The van der Waals surface area contributed by atoms with Crippen molar-refractivity contribution in [2.45, 2.75) is 44.2 Å². The zero-order chi connectivity index (χ0) is 17.1. The third-order valence-electron chi connectivity index (χ3n) is 2.80. The smallest absolute Gasteiger partial charge is 0.326 e. The van der Waals surface area contributed by atoms with Gasteiger partial charge in [0, 0.05) is 6.42 Å². The second kappa shape index (κ2) is 10.4. The van der Waals surface area contributed by atoms with E-state index in [-0.39, 0.29) is 12.8 Å². The van der Waals surface area contributed by atoms with Gasteiger partial charge in [-0.3, -0.25) is 4.79 Å². The lowest BCUT2D eigenvalue weighted by Crippen LogP contribution is -2.51. The number of aliphatic carboxylic acids is 3. The number of amides is 2. The molecule has 22 heavy (non-hydrogen) atoms. The van der Waals surface area contributed by atoms with Crippen LogP contribution in [0.5, 0.6) is 0 Å². The standard InChI is InChI=1S/C12H21N3O7/c13-6-2-1-3-7(10(18)19)14-12(22)15-8(11(20)21)4-5-9(16)17/h7-8H,1-6,13H2,(H,16,17)(H,18,19)(H,20,21)(H2,14,15,22)/t7-,8+/m0/s1. The summed E-state index contributed by atoms with van der Waals surface area (Å²) in [6.45, 7) is 0.398. The predicted octanol–water partition coefficient (Wildman–Crippen LogP) is -0.814. The Hall–Kier alpha value is -2.36. The first-order chi connectivity index (χ1) is 10.3. The summed E-state index contributed by atoms with van der Waals surface area (Å²) in [6.07, 6.45) is 0.518. The van der Waals surface area contributed by atoms with Crippen LogP contribution in [0.4, 0.5) is 4.79 Å². The quantitative estimate of drug-likeness (QED) is 0.267. The average Bonchev–Trinajstić information content (AvgIpc) is 2.41. The fourth-order valence-electron chi connectivity index (χ4n) is 1.63. The molecule has 0 aromatic carbocycles. The highest BCUT2D eigenvalue weighted by atomic mass is 16.4. The number of nitrogens with one attached hydrogen (secondary N) is 2. The Bertz CT molecular complexity index is 414. The molecule has 0 spiro atoms. The molecule has 0 unspecified atom stereocenters. The minimum absolute atomic E-state index is 0.160. The molecule has 0 aliphatic heterocycles. The Morgan fingerprint density at radius 1 is 0.864 bits per heavy atom. The summed E-state index contributed by atoms with van der Waals surface area (Å²) in [6, 6.07) is -3.55. The van der Waals surface area contributed by atoms with E-state index in [1.165, 1.54) is 0 Å². The number of carbonyl (C=O) groups excluding carboxylic acids is 1. The van der Waals surface area contributed by atoms with Crippen LogP contribution in [0.1, 0.15) is 32.1 Å². The van der Waals surface area contributed by atoms with Crippen molar-refractivity contribution in [3.05, 3.63) is 0 Å². The van der Waals surface area contributed by atoms with Crippen molar-refractivity contribution in [2.24, 2.45) is 5.73 Å². The molecule has 0 bridgehead atoms. The van der Waals surface area contributed by atoms with Crippen LogP contribution in [0, 0.1) is 0 Å². The summed E-state index contributed by atoms with van der Waals surface area (Å²) in [7, 11) is 0. The SMILES string of the molecule is NCCCC[C@H](NC(=O)N[C@H](CCC(=O)O)C(=O)O)C(=O)O. The fourth-order valence-corrected chi connectivity index (χ4v) is 1.63. The fraction of sp³-hybridized carbons (Fsp3) is 0.667. The lowest BCUT2D eigenvalue weighted by molar-refractivity contribution is -0.140. The lowest BCUT2D eigenvalue weighted by atomic mass is 10.1. The number of carbonyl (C=O) groups is 4. The maximum Gasteiger partial charge on any atom is 0.326 e. The van der Waals surface area contributed by atoms with E-state index in [1.54, 1.807) is 0 Å². The monoisotopic (exact) mass is 319 g/mol. The molecule has 0 rings (SSSR count). The van der Waals surface area contributed by atoms with Gasteiger partial charge in [-0.2, -0.15) is 0 Å². The van der Waals surface area contributed by atoms with Crippen LogP contribution in [-0.4, -0.2) is 57.9 Å². The van der Waals surface area contributed by atoms with E-state index in [4.69, 9.17) is 21.1 Å². The van der Waals surface area contributed by atoms with Gasteiger partial charge in [0.25, 0.3) is 0 Å². The Morgan fingerprint density at radius 2 is 1.36 bits per heavy atom. The summed E-state index contributed by atoms with van der Waals surface area (Å²) in [4.78, 5) is 44.0. The molecule has 0 fully saturated rings. The summed E-state index contributed by atoms with van der Waals surface area (Å²) >= 11 is 0. The molecule has 7 N–H and O–H groups in total. The Morgan fingerprint density at radius 3 is 1.77 bits per heavy atom. The van der Waals surface area contributed by atoms with Gasteiger partial charge in [0.2, 0.25) is 0 Å². The molecule has 0 aliphatic rings. The highest BCUT2D eigenvalue weighted by Gasteiger charge is 2.24. The Balaban J connectivity index is 4.47. The van der Waals surface area contributed by atoms with Crippen LogP contribution in [0.15, 0.2) is 0 Å². The summed E-state index contributed by atoms with van der Waals surface area (Å²) < 4.78 is 0. The largest absolute Gasteiger partial charge is 0.481 e. The first-order valence-electron chi connectivity index (χ1n) is 6.72. The van der Waals surface area contributed by atoms with Crippen LogP contribution in [0.2, 0.25) is 0 Å². The van der Waals surface area contributed by atoms with Gasteiger partial charge in [0.15, 0.2) is 0 Å². The van der Waals surface area contributed by atoms with Gasteiger partial charge in [-0.1, -0.05) is 0 Å². The van der Waals surface area contributed by atoms with Crippen LogP contribution < -0.4 is 16.4 Å². The second-order valence-corrected chi connectivity index (χ2v) is 4.62. The van der Waals surface area contributed by atoms with Crippen molar-refractivity contribution in [3.63, 3.8) is 0 Å². The van der Waals surface area contributed by atoms with E-state index in [2.05, 4.69) is 5.32 Å². The molecule has 0 aromatic rings. The minimum Gasteiger partial charge on any atom is -0.481 e. The Kier molecular flexibility index (Phi) is 9.27. The number of carboxylic acids is 3. The van der Waals surface area contributed by atoms with Gasteiger partial charge in [0.05, 0.1) is 0 Å². The molecule has 0 radical (unpaired) electrons. The molecule has 0 saturated heterocycles. The molecule has 10 heteroatoms. The molecule has 10 nitrogen and oxygen atoms in total. The zero-order valence-corrected chi connectivity index (χ0v) is 11.9. The maximum absolute atomic E-state index is 11.6. The number of carboxylic acid groups (broad SMARTS) is 3. The van der Waals surface area contributed by atoms with Crippen molar-refractivity contribution >= 4 is 23.9 Å². The maximum atomic E-state index is 11.6. The average molecular weight is 319 g/mol. The van der Waals surface area contributed by atoms with Crippen molar-refractivity contribution < 1.29 is 34.5 Å². The second-order valence-electron chi connectivity index (χ2n) is 4.62. The lowest BCUT2D eigenvalue weighted by Gasteiger charge is -2.18. The van der Waals surface area contributed by atoms with Crippen LogP contribution >= 0.6 is 0 Å². The molecule has 2 atom stereocenters. The molecule has 0 heterocycles. The summed E-state index contributed by atoms with van der Waals surface area (Å²) in [5, 5.41) is 30.6. The van der Waals surface area contributed by atoms with E-state index in [1.807, 2.05) is 5.32 Å². The molecular weight excluding hydrogens is 298 g/mol. The normalized spacial score (nSPS) is 13.0. The number of hydrogen-bond donors (Lipinski definition) is 6. The molecule has 2 amide bonds. The van der Waals surface area contributed by atoms with Gasteiger partial charge in [-0.25, -0.2) is 14.4 Å². The number of unbranched alkanes of at least 4 members (excludes halogenated alkanes) is 1. The third-order valence-corrected chi connectivity index (χ3v) is 2.80. The van der Waals surface area contributed by atoms with E-state index < -0.39 is 42.4 Å². The van der Waals surface area contributed by atoms with Crippen molar-refractivity contribution in [3.8, 4) is 0 Å². The van der Waals surface area contributed by atoms with Crippen molar-refractivity contribution in [1.82, 2.24) is 10.6 Å². The topological polar surface area (TPSA) is 179 Å². The van der Waals surface area contributed by atoms with E-state index in [0.29, 0.717) is 19.4 Å². The first-order valence-corrected chi connectivity index (χ1v) is 6.72. The summed E-state index contributed by atoms with van der Waals surface area (Å²) in [5.74, 6) is -3.84. The number of nitrogens with two attached hydrogens (primary N) is 1. The molecule has 0 aliphatic carbocycles. The van der Waals surface area contributed by atoms with Gasteiger partial charge in [-0.05, 0) is 32.2 Å². The van der Waals surface area contributed by atoms with Crippen LogP contribution in [0.3, 0.4) is 0 Å². The number of urea groups is 1. The van der Waals surface area contributed by atoms with Crippen molar-refractivity contribution in [2.75, 3.05) is 6.54 Å². The van der Waals surface area contributed by atoms with Crippen molar-refractivity contribution in [1.29, 1.82) is 0 Å². The number of hydrogen-bond acceptors (Lipinski definition) is 5. The molecule has 126 valence electrons. The van der Waals surface area contributed by atoms with E-state index >= 15 is 0 Å². The molecule has 0 saturated carbocycles. The molecule has 0 aromatic heterocycles. The third kappa shape index (κ3) is 8.74. The molecular formula is C12H21N3O7. The highest BCUT2D eigenvalue weighted by molar-refractivity contribution is 5.86. The van der Waals surface area contributed by atoms with Gasteiger partial charge in [-0.15, -0.1) is 0 Å². The van der Waals surface area contributed by atoms with Gasteiger partial charge >= 0.3 is 23.9 Å². The van der Waals surface area contributed by atoms with Gasteiger partial charge < -0.3 is 31.7 Å². The summed E-state index contributed by atoms with van der Waals surface area (Å²) in [5.41, 5.74) is 5.29. The van der Waals surface area contributed by atoms with Crippen LogP contribution in [0.25, 0.3) is 0 Å². The zero-order valence-electron chi connectivity index (χ0n) is 11.9.